The van der Waals surface area contributed by atoms with Gasteiger partial charge in [0.2, 0.25) is 0 Å². The van der Waals surface area contributed by atoms with Crippen molar-refractivity contribution in [1.82, 2.24) is 15.6 Å². The monoisotopic (exact) mass is 340 g/mol. The van der Waals surface area contributed by atoms with Crippen LogP contribution in [-0.4, -0.2) is 38.3 Å². The third kappa shape index (κ3) is 4.21. The highest BCUT2D eigenvalue weighted by molar-refractivity contribution is 5.75. The SMILES string of the molecule is COc1ccccc1[C@@H]1C[C@H]1NC(=O)NCc1ccnc(N(C)C)c1. The van der Waals surface area contributed by atoms with Crippen LogP contribution in [0.5, 0.6) is 5.75 Å². The molecule has 1 saturated carbocycles. The van der Waals surface area contributed by atoms with E-state index in [4.69, 9.17) is 4.74 Å². The van der Waals surface area contributed by atoms with E-state index in [-0.39, 0.29) is 12.1 Å². The van der Waals surface area contributed by atoms with Crippen molar-refractivity contribution in [2.45, 2.75) is 24.9 Å². The molecule has 0 radical (unpaired) electrons. The Morgan fingerprint density at radius 2 is 2.12 bits per heavy atom. The second-order valence-corrected chi connectivity index (χ2v) is 6.43. The zero-order chi connectivity index (χ0) is 17.8. The molecule has 0 bridgehead atoms. The van der Waals surface area contributed by atoms with Crippen molar-refractivity contribution in [2.24, 2.45) is 0 Å². The number of carbonyl (C=O) groups excluding carboxylic acids is 1. The third-order valence-electron chi connectivity index (χ3n) is 4.37. The van der Waals surface area contributed by atoms with Gasteiger partial charge < -0.3 is 20.3 Å². The summed E-state index contributed by atoms with van der Waals surface area (Å²) in [6.45, 7) is 0.473. The van der Waals surface area contributed by atoms with Crippen LogP contribution < -0.4 is 20.3 Å². The smallest absolute Gasteiger partial charge is 0.315 e. The number of anilines is 1. The lowest BCUT2D eigenvalue weighted by Gasteiger charge is -2.13. The number of ether oxygens (including phenoxy) is 1. The van der Waals surface area contributed by atoms with Crippen LogP contribution in [0, 0.1) is 0 Å². The minimum Gasteiger partial charge on any atom is -0.496 e. The molecule has 1 heterocycles. The lowest BCUT2D eigenvalue weighted by atomic mass is 10.1. The molecule has 6 nitrogen and oxygen atoms in total. The summed E-state index contributed by atoms with van der Waals surface area (Å²) < 4.78 is 5.40. The van der Waals surface area contributed by atoms with Crippen LogP contribution >= 0.6 is 0 Å². The maximum Gasteiger partial charge on any atom is 0.315 e. The predicted molar refractivity (Wildman–Crippen MR) is 98.1 cm³/mol. The summed E-state index contributed by atoms with van der Waals surface area (Å²) in [5.74, 6) is 2.08. The molecule has 0 saturated heterocycles. The third-order valence-corrected chi connectivity index (χ3v) is 4.37. The molecule has 1 aromatic heterocycles. The molecular weight excluding hydrogens is 316 g/mol. The molecule has 0 unspecified atom stereocenters. The van der Waals surface area contributed by atoms with E-state index in [1.54, 1.807) is 13.3 Å². The molecular formula is C19H24N4O2. The van der Waals surface area contributed by atoms with E-state index in [2.05, 4.69) is 21.7 Å². The first-order valence-electron chi connectivity index (χ1n) is 8.38. The molecule has 1 aromatic carbocycles. The summed E-state index contributed by atoms with van der Waals surface area (Å²) in [5.41, 5.74) is 2.17. The number of pyridine rings is 1. The topological polar surface area (TPSA) is 66.5 Å². The number of carbonyl (C=O) groups is 1. The molecule has 2 atom stereocenters. The second-order valence-electron chi connectivity index (χ2n) is 6.43. The van der Waals surface area contributed by atoms with Crippen molar-refractivity contribution < 1.29 is 9.53 Å². The summed E-state index contributed by atoms with van der Waals surface area (Å²) >= 11 is 0. The van der Waals surface area contributed by atoms with Crippen molar-refractivity contribution in [3.05, 3.63) is 53.7 Å². The molecule has 2 amide bonds. The number of rotatable bonds is 6. The van der Waals surface area contributed by atoms with Gasteiger partial charge in [0.1, 0.15) is 11.6 Å². The van der Waals surface area contributed by atoms with E-state index in [1.165, 1.54) is 0 Å². The Morgan fingerprint density at radius 1 is 1.32 bits per heavy atom. The minimum atomic E-state index is -0.148. The highest BCUT2D eigenvalue weighted by atomic mass is 16.5. The summed E-state index contributed by atoms with van der Waals surface area (Å²) in [6, 6.07) is 11.9. The summed E-state index contributed by atoms with van der Waals surface area (Å²) in [4.78, 5) is 18.3. The number of methoxy groups -OCH3 is 1. The number of aromatic nitrogens is 1. The zero-order valence-electron chi connectivity index (χ0n) is 14.8. The molecule has 1 fully saturated rings. The van der Waals surface area contributed by atoms with Crippen LogP contribution in [0.15, 0.2) is 42.6 Å². The molecule has 6 heteroatoms. The number of nitrogens with one attached hydrogen (secondary N) is 2. The lowest BCUT2D eigenvalue weighted by molar-refractivity contribution is 0.240. The fourth-order valence-electron chi connectivity index (χ4n) is 2.89. The van der Waals surface area contributed by atoms with Gasteiger partial charge in [-0.1, -0.05) is 18.2 Å². The maximum atomic E-state index is 12.1. The highest BCUT2D eigenvalue weighted by Crippen LogP contribution is 2.44. The fourth-order valence-corrected chi connectivity index (χ4v) is 2.89. The summed E-state index contributed by atoms with van der Waals surface area (Å²) in [7, 11) is 5.56. The molecule has 1 aliphatic carbocycles. The van der Waals surface area contributed by atoms with E-state index in [0.29, 0.717) is 12.5 Å². The van der Waals surface area contributed by atoms with E-state index >= 15 is 0 Å². The van der Waals surface area contributed by atoms with Gasteiger partial charge in [-0.2, -0.15) is 0 Å². The maximum absolute atomic E-state index is 12.1. The molecule has 25 heavy (non-hydrogen) atoms. The van der Waals surface area contributed by atoms with Crippen LogP contribution in [0.2, 0.25) is 0 Å². The van der Waals surface area contributed by atoms with Crippen LogP contribution in [0.25, 0.3) is 0 Å². The van der Waals surface area contributed by atoms with E-state index in [9.17, 15) is 4.79 Å². The van der Waals surface area contributed by atoms with Crippen molar-refractivity contribution in [3.63, 3.8) is 0 Å². The second kappa shape index (κ2) is 7.42. The van der Waals surface area contributed by atoms with Gasteiger partial charge in [0.05, 0.1) is 7.11 Å². The Bertz CT molecular complexity index is 748. The molecule has 0 spiro atoms. The van der Waals surface area contributed by atoms with Crippen molar-refractivity contribution in [2.75, 3.05) is 26.1 Å². The van der Waals surface area contributed by atoms with Gasteiger partial charge in [0.15, 0.2) is 0 Å². The number of para-hydroxylation sites is 1. The molecule has 3 rings (SSSR count). The van der Waals surface area contributed by atoms with E-state index in [1.807, 2.05) is 49.3 Å². The van der Waals surface area contributed by atoms with Crippen molar-refractivity contribution in [1.29, 1.82) is 0 Å². The Morgan fingerprint density at radius 3 is 2.88 bits per heavy atom. The van der Waals surface area contributed by atoms with Gasteiger partial charge in [0, 0.05) is 38.8 Å². The molecule has 0 aliphatic heterocycles. The molecule has 1 aliphatic rings. The minimum absolute atomic E-state index is 0.148. The van der Waals surface area contributed by atoms with Gasteiger partial charge in [-0.3, -0.25) is 0 Å². The highest BCUT2D eigenvalue weighted by Gasteiger charge is 2.41. The number of hydrogen-bond acceptors (Lipinski definition) is 4. The number of urea groups is 1. The van der Waals surface area contributed by atoms with Crippen LogP contribution in [0.1, 0.15) is 23.5 Å². The largest absolute Gasteiger partial charge is 0.496 e. The van der Waals surface area contributed by atoms with Gasteiger partial charge in [-0.25, -0.2) is 9.78 Å². The lowest BCUT2D eigenvalue weighted by Crippen LogP contribution is -2.37. The van der Waals surface area contributed by atoms with Crippen LogP contribution in [0.3, 0.4) is 0 Å². The molecule has 2 N–H and O–H groups in total. The average molecular weight is 340 g/mol. The van der Waals surface area contributed by atoms with Crippen molar-refractivity contribution >= 4 is 11.8 Å². The first-order valence-corrected chi connectivity index (χ1v) is 8.38. The Hall–Kier alpha value is -2.76. The first kappa shape index (κ1) is 17.1. The molecule has 2 aromatic rings. The van der Waals surface area contributed by atoms with Gasteiger partial charge in [-0.15, -0.1) is 0 Å². The van der Waals surface area contributed by atoms with Crippen LogP contribution in [-0.2, 0) is 6.54 Å². The number of nitrogens with zero attached hydrogens (tertiary/aromatic N) is 2. The summed E-state index contributed by atoms with van der Waals surface area (Å²) in [6.07, 6.45) is 2.69. The first-order chi connectivity index (χ1) is 12.1. The van der Waals surface area contributed by atoms with Gasteiger partial charge >= 0.3 is 6.03 Å². The van der Waals surface area contributed by atoms with Gasteiger partial charge in [0.25, 0.3) is 0 Å². The predicted octanol–water partition coefficient (Wildman–Crippen LogP) is 2.51. The van der Waals surface area contributed by atoms with Crippen LogP contribution in [0.4, 0.5) is 10.6 Å². The fraction of sp³-hybridized carbons (Fsp3) is 0.368. The van der Waals surface area contributed by atoms with E-state index < -0.39 is 0 Å². The van der Waals surface area contributed by atoms with Gasteiger partial charge in [-0.05, 0) is 35.7 Å². The normalized spacial score (nSPS) is 18.4. The number of benzene rings is 1. The Kier molecular flexibility index (Phi) is 5.07. The zero-order valence-corrected chi connectivity index (χ0v) is 14.8. The number of hydrogen-bond donors (Lipinski definition) is 2. The van der Waals surface area contributed by atoms with E-state index in [0.717, 1.165) is 29.1 Å². The Labute approximate surface area is 148 Å². The van der Waals surface area contributed by atoms with Crippen molar-refractivity contribution in [3.8, 4) is 5.75 Å². The number of amides is 2. The summed E-state index contributed by atoms with van der Waals surface area (Å²) in [5, 5.41) is 5.94. The standard InChI is InChI=1S/C19H24N4O2/c1-23(2)18-10-13(8-9-20-18)12-21-19(24)22-16-11-15(16)14-6-4-5-7-17(14)25-3/h4-10,15-16H,11-12H2,1-3H3,(H2,21,22,24)/t15-,16+/m0/s1. The Balaban J connectivity index is 1.50. The molecule has 132 valence electrons. The quantitative estimate of drug-likeness (QED) is 0.848. The average Bonchev–Trinajstić information content (AvgIpc) is 3.39.